The SMILES string of the molecule is Cc1cccc(NC(=O)COC(=O)Cc2c(C)nn(-c3ccccc3)c2C)c1C. The second-order valence-corrected chi connectivity index (χ2v) is 7.03. The third kappa shape index (κ3) is 4.71. The van der Waals surface area contributed by atoms with E-state index < -0.39 is 5.97 Å². The van der Waals surface area contributed by atoms with Gasteiger partial charge in [-0.1, -0.05) is 30.3 Å². The van der Waals surface area contributed by atoms with Gasteiger partial charge in [0.15, 0.2) is 6.61 Å². The Hall–Kier alpha value is -3.41. The fourth-order valence-electron chi connectivity index (χ4n) is 3.17. The third-order valence-corrected chi connectivity index (χ3v) is 5.01. The normalized spacial score (nSPS) is 10.6. The lowest BCUT2D eigenvalue weighted by molar-refractivity contribution is -0.146. The molecule has 150 valence electrons. The summed E-state index contributed by atoms with van der Waals surface area (Å²) in [7, 11) is 0. The summed E-state index contributed by atoms with van der Waals surface area (Å²) in [6.07, 6.45) is 0.0707. The van der Waals surface area contributed by atoms with Crippen molar-refractivity contribution in [3.63, 3.8) is 0 Å². The first-order valence-electron chi connectivity index (χ1n) is 9.49. The molecule has 0 saturated heterocycles. The van der Waals surface area contributed by atoms with E-state index in [1.54, 1.807) is 0 Å². The van der Waals surface area contributed by atoms with E-state index in [1.165, 1.54) is 0 Å². The molecule has 0 radical (unpaired) electrons. The number of nitrogens with one attached hydrogen (secondary N) is 1. The molecule has 0 fully saturated rings. The number of ether oxygens (including phenoxy) is 1. The lowest BCUT2D eigenvalue weighted by Crippen LogP contribution is -2.22. The van der Waals surface area contributed by atoms with Gasteiger partial charge in [0.1, 0.15) is 0 Å². The van der Waals surface area contributed by atoms with Crippen LogP contribution in [0.1, 0.15) is 28.1 Å². The topological polar surface area (TPSA) is 73.2 Å². The van der Waals surface area contributed by atoms with Crippen LogP contribution in [-0.4, -0.2) is 28.3 Å². The van der Waals surface area contributed by atoms with Crippen LogP contribution in [0.2, 0.25) is 0 Å². The number of hydrogen-bond donors (Lipinski definition) is 1. The number of benzene rings is 2. The Kier molecular flexibility index (Phi) is 6.12. The first-order chi connectivity index (χ1) is 13.9. The van der Waals surface area contributed by atoms with Crippen LogP contribution in [0.4, 0.5) is 5.69 Å². The molecule has 1 heterocycles. The van der Waals surface area contributed by atoms with Crippen molar-refractivity contribution in [2.75, 3.05) is 11.9 Å². The van der Waals surface area contributed by atoms with Gasteiger partial charge in [0.25, 0.3) is 5.91 Å². The maximum atomic E-state index is 12.3. The van der Waals surface area contributed by atoms with Crippen molar-refractivity contribution in [1.82, 2.24) is 9.78 Å². The van der Waals surface area contributed by atoms with E-state index in [-0.39, 0.29) is 18.9 Å². The van der Waals surface area contributed by atoms with Crippen molar-refractivity contribution in [2.45, 2.75) is 34.1 Å². The Morgan fingerprint density at radius 3 is 2.45 bits per heavy atom. The zero-order chi connectivity index (χ0) is 21.0. The smallest absolute Gasteiger partial charge is 0.310 e. The van der Waals surface area contributed by atoms with Gasteiger partial charge in [0.05, 0.1) is 17.8 Å². The minimum atomic E-state index is -0.458. The van der Waals surface area contributed by atoms with Crippen LogP contribution in [-0.2, 0) is 20.7 Å². The molecule has 0 aliphatic carbocycles. The average Bonchev–Trinajstić information content (AvgIpc) is 2.99. The molecule has 3 rings (SSSR count). The summed E-state index contributed by atoms with van der Waals surface area (Å²) in [5, 5.41) is 7.32. The van der Waals surface area contributed by atoms with Gasteiger partial charge in [0, 0.05) is 16.9 Å². The Balaban J connectivity index is 1.61. The Morgan fingerprint density at radius 2 is 1.72 bits per heavy atom. The molecule has 1 N–H and O–H groups in total. The van der Waals surface area contributed by atoms with Crippen molar-refractivity contribution in [3.8, 4) is 5.69 Å². The molecule has 0 unspecified atom stereocenters. The predicted molar refractivity (Wildman–Crippen MR) is 112 cm³/mol. The van der Waals surface area contributed by atoms with Crippen LogP contribution in [0, 0.1) is 27.7 Å². The van der Waals surface area contributed by atoms with Gasteiger partial charge in [-0.25, -0.2) is 4.68 Å². The lowest BCUT2D eigenvalue weighted by Gasteiger charge is -2.10. The highest BCUT2D eigenvalue weighted by Crippen LogP contribution is 2.19. The van der Waals surface area contributed by atoms with Crippen molar-refractivity contribution < 1.29 is 14.3 Å². The Bertz CT molecular complexity index is 1040. The zero-order valence-corrected chi connectivity index (χ0v) is 17.2. The van der Waals surface area contributed by atoms with Gasteiger partial charge in [-0.3, -0.25) is 9.59 Å². The van der Waals surface area contributed by atoms with Crippen LogP contribution in [0.25, 0.3) is 5.69 Å². The molecule has 1 amide bonds. The first kappa shape index (κ1) is 20.3. The third-order valence-electron chi connectivity index (χ3n) is 5.01. The molecule has 0 saturated carbocycles. The maximum Gasteiger partial charge on any atom is 0.310 e. The van der Waals surface area contributed by atoms with Gasteiger partial charge in [0.2, 0.25) is 0 Å². The molecule has 1 aromatic heterocycles. The van der Waals surface area contributed by atoms with Gasteiger partial charge < -0.3 is 10.1 Å². The number of hydrogen-bond acceptors (Lipinski definition) is 4. The van der Waals surface area contributed by atoms with Gasteiger partial charge in [-0.05, 0) is 57.0 Å². The molecular weight excluding hydrogens is 366 g/mol. The number of anilines is 1. The van der Waals surface area contributed by atoms with Crippen LogP contribution in [0.3, 0.4) is 0 Å². The number of nitrogens with zero attached hydrogens (tertiary/aromatic N) is 2. The number of carbonyl (C=O) groups is 2. The minimum absolute atomic E-state index is 0.0707. The molecule has 0 atom stereocenters. The largest absolute Gasteiger partial charge is 0.455 e. The van der Waals surface area contributed by atoms with Gasteiger partial charge >= 0.3 is 5.97 Å². The van der Waals surface area contributed by atoms with Crippen LogP contribution >= 0.6 is 0 Å². The fraction of sp³-hybridized carbons (Fsp3) is 0.261. The Morgan fingerprint density at radius 1 is 1.00 bits per heavy atom. The fourth-order valence-corrected chi connectivity index (χ4v) is 3.17. The van der Waals surface area contributed by atoms with Crippen molar-refractivity contribution in [2.24, 2.45) is 0 Å². The summed E-state index contributed by atoms with van der Waals surface area (Å²) in [5.74, 6) is -0.819. The van der Waals surface area contributed by atoms with Crippen molar-refractivity contribution in [3.05, 3.63) is 76.6 Å². The number of rotatable bonds is 6. The van der Waals surface area contributed by atoms with Crippen LogP contribution in [0.15, 0.2) is 48.5 Å². The molecular formula is C23H25N3O3. The number of carbonyl (C=O) groups excluding carboxylic acids is 2. The maximum absolute atomic E-state index is 12.3. The molecule has 0 aliphatic heterocycles. The van der Waals surface area contributed by atoms with Crippen LogP contribution < -0.4 is 5.32 Å². The van der Waals surface area contributed by atoms with E-state index in [9.17, 15) is 9.59 Å². The number of aromatic nitrogens is 2. The second kappa shape index (κ2) is 8.73. The molecule has 0 spiro atoms. The molecule has 29 heavy (non-hydrogen) atoms. The van der Waals surface area contributed by atoms with E-state index in [0.717, 1.165) is 39.5 Å². The minimum Gasteiger partial charge on any atom is -0.455 e. The van der Waals surface area contributed by atoms with E-state index in [1.807, 2.05) is 80.9 Å². The number of aryl methyl sites for hydroxylation is 2. The summed E-state index contributed by atoms with van der Waals surface area (Å²) < 4.78 is 7.00. The summed E-state index contributed by atoms with van der Waals surface area (Å²) in [6.45, 7) is 7.38. The standard InChI is InChI=1S/C23H25N3O3/c1-15-9-8-12-21(16(15)2)24-22(27)14-29-23(28)13-20-17(3)25-26(18(20)4)19-10-6-5-7-11-19/h5-12H,13-14H2,1-4H3,(H,24,27). The highest BCUT2D eigenvalue weighted by molar-refractivity contribution is 5.93. The molecule has 2 aromatic carbocycles. The van der Waals surface area contributed by atoms with Gasteiger partial charge in [-0.2, -0.15) is 5.10 Å². The number of para-hydroxylation sites is 1. The average molecular weight is 391 g/mol. The summed E-state index contributed by atoms with van der Waals surface area (Å²) in [4.78, 5) is 24.5. The second-order valence-electron chi connectivity index (χ2n) is 7.03. The molecule has 0 aliphatic rings. The molecule has 6 heteroatoms. The highest BCUT2D eigenvalue weighted by Gasteiger charge is 2.17. The van der Waals surface area contributed by atoms with Crippen molar-refractivity contribution >= 4 is 17.6 Å². The number of esters is 1. The highest BCUT2D eigenvalue weighted by atomic mass is 16.5. The summed E-state index contributed by atoms with van der Waals surface area (Å²) in [6, 6.07) is 15.4. The van der Waals surface area contributed by atoms with E-state index in [0.29, 0.717) is 0 Å². The predicted octanol–water partition coefficient (Wildman–Crippen LogP) is 3.83. The van der Waals surface area contributed by atoms with Crippen molar-refractivity contribution in [1.29, 1.82) is 0 Å². The van der Waals surface area contributed by atoms with Gasteiger partial charge in [-0.15, -0.1) is 0 Å². The lowest BCUT2D eigenvalue weighted by atomic mass is 10.1. The quantitative estimate of drug-likeness (QED) is 0.648. The zero-order valence-electron chi connectivity index (χ0n) is 17.2. The summed E-state index contributed by atoms with van der Waals surface area (Å²) >= 11 is 0. The van der Waals surface area contributed by atoms with E-state index in [4.69, 9.17) is 4.74 Å². The number of amides is 1. The summed E-state index contributed by atoms with van der Waals surface area (Å²) in [5.41, 5.74) is 6.19. The molecule has 3 aromatic rings. The molecule has 0 bridgehead atoms. The monoisotopic (exact) mass is 391 g/mol. The van der Waals surface area contributed by atoms with E-state index >= 15 is 0 Å². The molecule has 6 nitrogen and oxygen atoms in total. The van der Waals surface area contributed by atoms with E-state index in [2.05, 4.69) is 10.4 Å². The van der Waals surface area contributed by atoms with Crippen LogP contribution in [0.5, 0.6) is 0 Å². The Labute approximate surface area is 170 Å². The first-order valence-corrected chi connectivity index (χ1v) is 9.49.